The molecule has 1 N–H and O–H groups in total. The summed E-state index contributed by atoms with van der Waals surface area (Å²) < 4.78 is 1.66. The van der Waals surface area contributed by atoms with Crippen molar-refractivity contribution in [1.29, 1.82) is 0 Å². The number of hydrogen-bond acceptors (Lipinski definition) is 4. The lowest BCUT2D eigenvalue weighted by Gasteiger charge is -2.13. The van der Waals surface area contributed by atoms with Crippen LogP contribution in [0, 0.1) is 0 Å². The Morgan fingerprint density at radius 3 is 3.00 bits per heavy atom. The van der Waals surface area contributed by atoms with Crippen LogP contribution in [0.1, 0.15) is 44.8 Å². The SMILES string of the molecule is CCNC(=O)CC1CSc2nc(C(C)C)cc(=O)n21. The molecule has 1 amide bonds. The van der Waals surface area contributed by atoms with Crippen molar-refractivity contribution in [3.63, 3.8) is 0 Å². The standard InChI is InChI=1S/C13H19N3O2S/c1-4-14-11(17)5-9-7-19-13-15-10(8(2)3)6-12(18)16(9)13/h6,8-9H,4-5,7H2,1-3H3,(H,14,17). The lowest BCUT2D eigenvalue weighted by atomic mass is 10.1. The minimum atomic E-state index is -0.0761. The number of rotatable bonds is 4. The van der Waals surface area contributed by atoms with Gasteiger partial charge in [-0.2, -0.15) is 0 Å². The lowest BCUT2D eigenvalue weighted by molar-refractivity contribution is -0.121. The summed E-state index contributed by atoms with van der Waals surface area (Å²) in [5.74, 6) is 0.961. The monoisotopic (exact) mass is 281 g/mol. The molecule has 0 spiro atoms. The van der Waals surface area contributed by atoms with Crippen LogP contribution < -0.4 is 10.9 Å². The largest absolute Gasteiger partial charge is 0.356 e. The molecular weight excluding hydrogens is 262 g/mol. The molecule has 0 radical (unpaired) electrons. The van der Waals surface area contributed by atoms with Gasteiger partial charge in [0.15, 0.2) is 5.16 Å². The second-order valence-corrected chi connectivity index (χ2v) is 5.94. The molecule has 0 saturated carbocycles. The number of nitrogens with one attached hydrogen (secondary N) is 1. The third-order valence-corrected chi connectivity index (χ3v) is 4.19. The molecular formula is C13H19N3O2S. The molecule has 0 aromatic carbocycles. The number of thioether (sulfide) groups is 1. The Labute approximate surface area is 116 Å². The molecule has 0 bridgehead atoms. The summed E-state index contributed by atoms with van der Waals surface area (Å²) in [6.07, 6.45) is 0.344. The third kappa shape index (κ3) is 3.00. The average molecular weight is 281 g/mol. The van der Waals surface area contributed by atoms with E-state index >= 15 is 0 Å². The van der Waals surface area contributed by atoms with Crippen LogP contribution in [0.15, 0.2) is 16.0 Å². The first-order valence-corrected chi connectivity index (χ1v) is 7.54. The summed E-state index contributed by atoms with van der Waals surface area (Å²) in [5.41, 5.74) is 0.774. The summed E-state index contributed by atoms with van der Waals surface area (Å²) in [6.45, 7) is 6.54. The summed E-state index contributed by atoms with van der Waals surface area (Å²) in [5, 5.41) is 3.51. The fraction of sp³-hybridized carbons (Fsp3) is 0.615. The Balaban J connectivity index is 2.25. The van der Waals surface area contributed by atoms with Crippen molar-refractivity contribution in [3.8, 4) is 0 Å². The van der Waals surface area contributed by atoms with Gasteiger partial charge in [0, 0.05) is 24.8 Å². The van der Waals surface area contributed by atoms with Gasteiger partial charge in [-0.3, -0.25) is 14.2 Å². The second kappa shape index (κ2) is 5.77. The maximum Gasteiger partial charge on any atom is 0.254 e. The minimum Gasteiger partial charge on any atom is -0.356 e. The van der Waals surface area contributed by atoms with Crippen molar-refractivity contribution in [2.75, 3.05) is 12.3 Å². The molecule has 104 valence electrons. The molecule has 0 aliphatic carbocycles. The van der Waals surface area contributed by atoms with Crippen molar-refractivity contribution in [2.45, 2.75) is 44.3 Å². The summed E-state index contributed by atoms with van der Waals surface area (Å²) in [6, 6.07) is 1.51. The van der Waals surface area contributed by atoms with Gasteiger partial charge in [0.25, 0.3) is 5.56 Å². The van der Waals surface area contributed by atoms with Crippen LogP contribution in [0.25, 0.3) is 0 Å². The highest BCUT2D eigenvalue weighted by atomic mass is 32.2. The molecule has 19 heavy (non-hydrogen) atoms. The number of aromatic nitrogens is 2. The molecule has 0 fully saturated rings. The normalized spacial score (nSPS) is 17.6. The number of carbonyl (C=O) groups is 1. The second-order valence-electron chi connectivity index (χ2n) is 4.95. The van der Waals surface area contributed by atoms with Crippen molar-refractivity contribution in [1.82, 2.24) is 14.9 Å². The van der Waals surface area contributed by atoms with E-state index in [4.69, 9.17) is 0 Å². The van der Waals surface area contributed by atoms with Crippen molar-refractivity contribution in [3.05, 3.63) is 22.1 Å². The Hall–Kier alpha value is -1.30. The first-order valence-electron chi connectivity index (χ1n) is 6.56. The molecule has 1 aromatic rings. The van der Waals surface area contributed by atoms with Crippen LogP contribution >= 0.6 is 11.8 Å². The first-order chi connectivity index (χ1) is 9.02. The van der Waals surface area contributed by atoms with E-state index in [9.17, 15) is 9.59 Å². The van der Waals surface area contributed by atoms with Crippen LogP contribution in [-0.2, 0) is 4.79 Å². The molecule has 1 unspecified atom stereocenters. The van der Waals surface area contributed by atoms with Crippen molar-refractivity contribution < 1.29 is 4.79 Å². The van der Waals surface area contributed by atoms with E-state index in [1.165, 1.54) is 0 Å². The predicted molar refractivity (Wildman–Crippen MR) is 75.6 cm³/mol. The van der Waals surface area contributed by atoms with E-state index in [0.29, 0.717) is 13.0 Å². The van der Waals surface area contributed by atoms with E-state index in [2.05, 4.69) is 10.3 Å². The van der Waals surface area contributed by atoms with Crippen molar-refractivity contribution >= 4 is 17.7 Å². The van der Waals surface area contributed by atoms with Gasteiger partial charge in [0.2, 0.25) is 5.91 Å². The van der Waals surface area contributed by atoms with Crippen molar-refractivity contribution in [2.24, 2.45) is 0 Å². The number of hydrogen-bond donors (Lipinski definition) is 1. The lowest BCUT2D eigenvalue weighted by Crippen LogP contribution is -2.30. The molecule has 2 heterocycles. The molecule has 1 aliphatic rings. The van der Waals surface area contributed by atoms with E-state index in [1.807, 2.05) is 20.8 Å². The molecule has 6 heteroatoms. The molecule has 2 rings (SSSR count). The predicted octanol–water partition coefficient (Wildman–Crippen LogP) is 1.54. The summed E-state index contributed by atoms with van der Waals surface area (Å²) in [7, 11) is 0. The summed E-state index contributed by atoms with van der Waals surface area (Å²) >= 11 is 1.55. The quantitative estimate of drug-likeness (QED) is 0.850. The van der Waals surface area contributed by atoms with E-state index in [-0.39, 0.29) is 23.4 Å². The van der Waals surface area contributed by atoms with Crippen LogP contribution in [0.5, 0.6) is 0 Å². The Bertz CT molecular complexity index is 539. The highest BCUT2D eigenvalue weighted by Crippen LogP contribution is 2.32. The molecule has 1 aromatic heterocycles. The van der Waals surface area contributed by atoms with Gasteiger partial charge in [-0.05, 0) is 12.8 Å². The Morgan fingerprint density at radius 1 is 1.63 bits per heavy atom. The Kier molecular flexibility index (Phi) is 4.29. The van der Waals surface area contributed by atoms with Crippen LogP contribution in [0.2, 0.25) is 0 Å². The van der Waals surface area contributed by atoms with Gasteiger partial charge < -0.3 is 5.32 Å². The smallest absolute Gasteiger partial charge is 0.254 e. The molecule has 1 aliphatic heterocycles. The molecule has 0 saturated heterocycles. The topological polar surface area (TPSA) is 64.0 Å². The van der Waals surface area contributed by atoms with Gasteiger partial charge in [-0.15, -0.1) is 0 Å². The molecule has 1 atom stereocenters. The molecule has 5 nitrogen and oxygen atoms in total. The zero-order valence-electron chi connectivity index (χ0n) is 11.5. The van der Waals surface area contributed by atoms with Gasteiger partial charge in [-0.1, -0.05) is 25.6 Å². The highest BCUT2D eigenvalue weighted by molar-refractivity contribution is 7.99. The van der Waals surface area contributed by atoms with Crippen LogP contribution in [0.4, 0.5) is 0 Å². The fourth-order valence-electron chi connectivity index (χ4n) is 2.10. The first kappa shape index (κ1) is 14.1. The maximum atomic E-state index is 12.2. The number of fused-ring (bicyclic) bond motifs is 1. The number of carbonyl (C=O) groups excluding carboxylic acids is 1. The number of amides is 1. The Morgan fingerprint density at radius 2 is 2.37 bits per heavy atom. The highest BCUT2D eigenvalue weighted by Gasteiger charge is 2.27. The number of nitrogens with zero attached hydrogens (tertiary/aromatic N) is 2. The van der Waals surface area contributed by atoms with E-state index in [1.54, 1.807) is 22.4 Å². The zero-order valence-corrected chi connectivity index (χ0v) is 12.3. The maximum absolute atomic E-state index is 12.2. The zero-order chi connectivity index (χ0) is 14.0. The van der Waals surface area contributed by atoms with Gasteiger partial charge in [0.1, 0.15) is 0 Å². The third-order valence-electron chi connectivity index (χ3n) is 3.10. The summed E-state index contributed by atoms with van der Waals surface area (Å²) in [4.78, 5) is 28.3. The van der Waals surface area contributed by atoms with Gasteiger partial charge >= 0.3 is 0 Å². The van der Waals surface area contributed by atoms with E-state index < -0.39 is 0 Å². The van der Waals surface area contributed by atoms with Crippen LogP contribution in [-0.4, -0.2) is 27.8 Å². The average Bonchev–Trinajstić information content (AvgIpc) is 2.73. The van der Waals surface area contributed by atoms with E-state index in [0.717, 1.165) is 16.6 Å². The van der Waals surface area contributed by atoms with Gasteiger partial charge in [0.05, 0.1) is 11.7 Å². The van der Waals surface area contributed by atoms with Crippen LogP contribution in [0.3, 0.4) is 0 Å². The van der Waals surface area contributed by atoms with Gasteiger partial charge in [-0.25, -0.2) is 4.98 Å². The fourth-order valence-corrected chi connectivity index (χ4v) is 3.26. The minimum absolute atomic E-state index is 0.0132.